The third kappa shape index (κ3) is 3.29. The molecule has 82 valence electrons. The Morgan fingerprint density at radius 3 is 2.79 bits per heavy atom. The van der Waals surface area contributed by atoms with Gasteiger partial charge < -0.3 is 9.64 Å². The molecule has 0 radical (unpaired) electrons. The number of amides is 1. The Morgan fingerprint density at radius 2 is 2.21 bits per heavy atom. The molecule has 14 heavy (non-hydrogen) atoms. The highest BCUT2D eigenvalue weighted by Gasteiger charge is 2.22. The van der Waals surface area contributed by atoms with Crippen molar-refractivity contribution in [1.82, 2.24) is 4.90 Å². The first-order valence-corrected chi connectivity index (χ1v) is 5.52. The largest absolute Gasteiger partial charge is 0.369 e. The van der Waals surface area contributed by atoms with Crippen LogP contribution in [0.2, 0.25) is 0 Å². The fourth-order valence-electron chi connectivity index (χ4n) is 1.79. The van der Waals surface area contributed by atoms with E-state index in [2.05, 4.69) is 6.92 Å². The summed E-state index contributed by atoms with van der Waals surface area (Å²) in [4.78, 5) is 13.7. The van der Waals surface area contributed by atoms with Crippen LogP contribution in [-0.2, 0) is 9.53 Å². The number of carbonyl (C=O) groups excluding carboxylic acids is 1. The number of carbonyl (C=O) groups is 1. The molecule has 0 saturated carbocycles. The van der Waals surface area contributed by atoms with E-state index in [-0.39, 0.29) is 18.6 Å². The molecule has 1 heterocycles. The van der Waals surface area contributed by atoms with Gasteiger partial charge in [0.25, 0.3) is 0 Å². The minimum atomic E-state index is 0.138. The van der Waals surface area contributed by atoms with Crippen molar-refractivity contribution in [3.05, 3.63) is 0 Å². The summed E-state index contributed by atoms with van der Waals surface area (Å²) in [5.74, 6) is 0.144. The van der Waals surface area contributed by atoms with Gasteiger partial charge in [0.2, 0.25) is 5.91 Å². The van der Waals surface area contributed by atoms with Crippen molar-refractivity contribution in [2.75, 3.05) is 13.2 Å². The second-order valence-corrected chi connectivity index (χ2v) is 4.29. The highest BCUT2D eigenvalue weighted by molar-refractivity contribution is 5.77. The highest BCUT2D eigenvalue weighted by Crippen LogP contribution is 2.16. The van der Waals surface area contributed by atoms with E-state index in [1.807, 2.05) is 18.7 Å². The molecule has 1 aliphatic heterocycles. The fourth-order valence-corrected chi connectivity index (χ4v) is 1.79. The first kappa shape index (κ1) is 11.5. The van der Waals surface area contributed by atoms with Crippen LogP contribution in [0.1, 0.15) is 40.0 Å². The van der Waals surface area contributed by atoms with Gasteiger partial charge in [-0.25, -0.2) is 0 Å². The molecule has 0 aromatic rings. The van der Waals surface area contributed by atoms with Crippen molar-refractivity contribution < 1.29 is 9.53 Å². The molecule has 0 spiro atoms. The van der Waals surface area contributed by atoms with Crippen molar-refractivity contribution >= 4 is 5.91 Å². The van der Waals surface area contributed by atoms with Gasteiger partial charge in [0.15, 0.2) is 0 Å². The number of piperidine rings is 1. The molecule has 3 heteroatoms. The smallest absolute Gasteiger partial charge is 0.248 e. The van der Waals surface area contributed by atoms with Crippen LogP contribution in [0.4, 0.5) is 0 Å². The Morgan fingerprint density at radius 1 is 1.50 bits per heavy atom. The molecule has 1 rings (SSSR count). The quantitative estimate of drug-likeness (QED) is 0.694. The van der Waals surface area contributed by atoms with Crippen LogP contribution in [-0.4, -0.2) is 36.1 Å². The lowest BCUT2D eigenvalue weighted by Crippen LogP contribution is -2.44. The predicted molar refractivity (Wildman–Crippen MR) is 56.1 cm³/mol. The van der Waals surface area contributed by atoms with Crippen LogP contribution in [0.15, 0.2) is 0 Å². The van der Waals surface area contributed by atoms with Gasteiger partial charge in [-0.2, -0.15) is 0 Å². The van der Waals surface area contributed by atoms with Crippen LogP contribution in [0.5, 0.6) is 0 Å². The first-order valence-electron chi connectivity index (χ1n) is 5.52. The number of likely N-dealkylation sites (tertiary alicyclic amines) is 1. The Balaban J connectivity index is 2.34. The number of ether oxygens (including phenoxy) is 1. The summed E-state index contributed by atoms with van der Waals surface area (Å²) in [6, 6.07) is 0.395. The van der Waals surface area contributed by atoms with Gasteiger partial charge >= 0.3 is 0 Å². The van der Waals surface area contributed by atoms with Gasteiger partial charge in [-0.1, -0.05) is 0 Å². The van der Waals surface area contributed by atoms with Gasteiger partial charge in [0, 0.05) is 12.6 Å². The van der Waals surface area contributed by atoms with Crippen molar-refractivity contribution in [1.29, 1.82) is 0 Å². The number of hydrogen-bond donors (Lipinski definition) is 0. The minimum Gasteiger partial charge on any atom is -0.369 e. The minimum absolute atomic E-state index is 0.138. The van der Waals surface area contributed by atoms with Crippen molar-refractivity contribution in [2.45, 2.75) is 52.2 Å². The number of nitrogens with zero attached hydrogens (tertiary/aromatic N) is 1. The average molecular weight is 199 g/mol. The fraction of sp³-hybridized carbons (Fsp3) is 0.909. The maximum atomic E-state index is 11.7. The predicted octanol–water partition coefficient (Wildman–Crippen LogP) is 1.81. The number of hydrogen-bond acceptors (Lipinski definition) is 2. The lowest BCUT2D eigenvalue weighted by molar-refractivity contribution is -0.140. The van der Waals surface area contributed by atoms with Crippen LogP contribution in [0.25, 0.3) is 0 Å². The van der Waals surface area contributed by atoms with Crippen molar-refractivity contribution in [2.24, 2.45) is 0 Å². The normalized spacial score (nSPS) is 22.9. The summed E-state index contributed by atoms with van der Waals surface area (Å²) in [6.07, 6.45) is 3.65. The average Bonchev–Trinajstić information content (AvgIpc) is 2.15. The van der Waals surface area contributed by atoms with E-state index in [0.717, 1.165) is 19.4 Å². The summed E-state index contributed by atoms with van der Waals surface area (Å²) in [5.41, 5.74) is 0. The van der Waals surface area contributed by atoms with Crippen molar-refractivity contribution in [3.8, 4) is 0 Å². The zero-order valence-electron chi connectivity index (χ0n) is 9.45. The van der Waals surface area contributed by atoms with E-state index in [1.165, 1.54) is 6.42 Å². The van der Waals surface area contributed by atoms with Gasteiger partial charge in [0.1, 0.15) is 6.61 Å². The maximum Gasteiger partial charge on any atom is 0.248 e. The Kier molecular flexibility index (Phi) is 4.39. The summed E-state index contributed by atoms with van der Waals surface area (Å²) in [7, 11) is 0. The second-order valence-electron chi connectivity index (χ2n) is 4.29. The van der Waals surface area contributed by atoms with Crippen LogP contribution >= 0.6 is 0 Å². The van der Waals surface area contributed by atoms with Crippen molar-refractivity contribution in [3.63, 3.8) is 0 Å². The third-order valence-electron chi connectivity index (χ3n) is 2.66. The van der Waals surface area contributed by atoms with Crippen LogP contribution in [0, 0.1) is 0 Å². The summed E-state index contributed by atoms with van der Waals surface area (Å²) in [5, 5.41) is 0. The van der Waals surface area contributed by atoms with Gasteiger partial charge in [0.05, 0.1) is 6.10 Å². The molecule has 0 bridgehead atoms. The second kappa shape index (κ2) is 5.35. The molecule has 0 aromatic carbocycles. The van der Waals surface area contributed by atoms with E-state index in [4.69, 9.17) is 4.74 Å². The van der Waals surface area contributed by atoms with Gasteiger partial charge in [-0.05, 0) is 40.0 Å². The summed E-state index contributed by atoms with van der Waals surface area (Å²) < 4.78 is 5.31. The molecule has 0 aromatic heterocycles. The summed E-state index contributed by atoms with van der Waals surface area (Å²) >= 11 is 0. The molecule has 1 unspecified atom stereocenters. The Bertz CT molecular complexity index is 192. The van der Waals surface area contributed by atoms with E-state index >= 15 is 0 Å². The topological polar surface area (TPSA) is 29.5 Å². The van der Waals surface area contributed by atoms with E-state index in [1.54, 1.807) is 0 Å². The molecule has 0 N–H and O–H groups in total. The van der Waals surface area contributed by atoms with E-state index < -0.39 is 0 Å². The molecule has 1 amide bonds. The molecule has 3 nitrogen and oxygen atoms in total. The summed E-state index contributed by atoms with van der Waals surface area (Å²) in [6.45, 7) is 7.16. The lowest BCUT2D eigenvalue weighted by atomic mass is 10.0. The molecule has 1 atom stereocenters. The van der Waals surface area contributed by atoms with Gasteiger partial charge in [-0.15, -0.1) is 0 Å². The number of rotatable bonds is 3. The molecule has 1 fully saturated rings. The van der Waals surface area contributed by atoms with Gasteiger partial charge in [-0.3, -0.25) is 4.79 Å². The molecule has 1 saturated heterocycles. The first-order chi connectivity index (χ1) is 6.61. The van der Waals surface area contributed by atoms with E-state index in [0.29, 0.717) is 6.04 Å². The maximum absolute atomic E-state index is 11.7. The molecular formula is C11H21NO2. The molecule has 0 aliphatic carbocycles. The Hall–Kier alpha value is -0.570. The molecular weight excluding hydrogens is 178 g/mol. The zero-order valence-corrected chi connectivity index (χ0v) is 9.45. The highest BCUT2D eigenvalue weighted by atomic mass is 16.5. The molecule has 1 aliphatic rings. The third-order valence-corrected chi connectivity index (χ3v) is 2.66. The van der Waals surface area contributed by atoms with E-state index in [9.17, 15) is 4.79 Å². The SMILES string of the molecule is CC(C)OCC(=O)N1CCCCC1C. The monoisotopic (exact) mass is 199 g/mol. The lowest BCUT2D eigenvalue weighted by Gasteiger charge is -2.33. The zero-order chi connectivity index (χ0) is 10.6. The standard InChI is InChI=1S/C11H21NO2/c1-9(2)14-8-11(13)12-7-5-4-6-10(12)3/h9-10H,4-8H2,1-3H3. The van der Waals surface area contributed by atoms with Crippen LogP contribution < -0.4 is 0 Å². The van der Waals surface area contributed by atoms with Crippen LogP contribution in [0.3, 0.4) is 0 Å². The Labute approximate surface area is 86.4 Å².